The molecular weight excluding hydrogens is 176 g/mol. The molecule has 1 N–H and O–H groups in total. The molecule has 1 aromatic carbocycles. The molecule has 0 spiro atoms. The van der Waals surface area contributed by atoms with Crippen LogP contribution in [0.1, 0.15) is 19.4 Å². The van der Waals surface area contributed by atoms with Crippen molar-refractivity contribution < 1.29 is 9.90 Å². The van der Waals surface area contributed by atoms with Crippen LogP contribution in [0.15, 0.2) is 36.4 Å². The number of hydrogen-bond acceptors (Lipinski definition) is 2. The van der Waals surface area contributed by atoms with Crippen LogP contribution in [0.5, 0.6) is 0 Å². The summed E-state index contributed by atoms with van der Waals surface area (Å²) in [5.74, 6) is 0. The van der Waals surface area contributed by atoms with Crippen LogP contribution in [0, 0.1) is 0 Å². The number of allylic oxidation sites excluding steroid dienone is 1. The van der Waals surface area contributed by atoms with Gasteiger partial charge in [0.2, 0.25) is 0 Å². The molecule has 0 aliphatic heterocycles. The number of aliphatic hydroxyl groups is 1. The van der Waals surface area contributed by atoms with Crippen molar-refractivity contribution in [3.63, 3.8) is 0 Å². The van der Waals surface area contributed by atoms with E-state index in [4.69, 9.17) is 5.11 Å². The quantitative estimate of drug-likeness (QED) is 0.576. The number of hydrogen-bond donors (Lipinski definition) is 1. The summed E-state index contributed by atoms with van der Waals surface area (Å²) >= 11 is 0. The van der Waals surface area contributed by atoms with E-state index in [1.165, 1.54) is 6.08 Å². The number of aldehydes is 1. The summed E-state index contributed by atoms with van der Waals surface area (Å²) in [5.41, 5.74) is 1.05. The fourth-order valence-electron chi connectivity index (χ4n) is 0.715. The lowest BCUT2D eigenvalue weighted by molar-refractivity contribution is -0.104. The van der Waals surface area contributed by atoms with Gasteiger partial charge in [-0.25, -0.2) is 0 Å². The first-order valence-electron chi connectivity index (χ1n) is 4.51. The molecule has 0 aromatic heterocycles. The Morgan fingerprint density at radius 2 is 1.71 bits per heavy atom. The molecule has 2 heteroatoms. The Labute approximate surface area is 84.9 Å². The third kappa shape index (κ3) is 8.68. The first kappa shape index (κ1) is 12.6. The van der Waals surface area contributed by atoms with Crippen molar-refractivity contribution >= 4 is 12.4 Å². The van der Waals surface area contributed by atoms with E-state index in [1.807, 2.05) is 30.3 Å². The van der Waals surface area contributed by atoms with Crippen LogP contribution in [0.3, 0.4) is 0 Å². The molecule has 1 aromatic rings. The van der Waals surface area contributed by atoms with Crippen LogP contribution >= 0.6 is 0 Å². The number of carbonyl (C=O) groups is 1. The maximum atomic E-state index is 9.89. The van der Waals surface area contributed by atoms with Gasteiger partial charge >= 0.3 is 0 Å². The monoisotopic (exact) mass is 192 g/mol. The molecule has 14 heavy (non-hydrogen) atoms. The molecule has 0 atom stereocenters. The molecule has 0 heterocycles. The van der Waals surface area contributed by atoms with E-state index < -0.39 is 0 Å². The minimum Gasteiger partial charge on any atom is -0.394 e. The minimum atomic E-state index is -0.167. The Morgan fingerprint density at radius 3 is 2.14 bits per heavy atom. The average Bonchev–Trinajstić information content (AvgIpc) is 2.15. The van der Waals surface area contributed by atoms with E-state index in [-0.39, 0.29) is 6.10 Å². The topological polar surface area (TPSA) is 37.3 Å². The lowest BCUT2D eigenvalue weighted by Crippen LogP contribution is -1.85. The van der Waals surface area contributed by atoms with E-state index in [9.17, 15) is 4.79 Å². The standard InChI is InChI=1S/C9H8O.C3H8O/c10-8-4-7-9-5-2-1-3-6-9;1-3(2)4/h1-8H;3-4H,1-2H3. The molecular formula is C12H16O2. The van der Waals surface area contributed by atoms with E-state index in [0.29, 0.717) is 0 Å². The maximum absolute atomic E-state index is 9.89. The van der Waals surface area contributed by atoms with Crippen molar-refractivity contribution in [3.8, 4) is 0 Å². The van der Waals surface area contributed by atoms with Gasteiger partial charge in [0.25, 0.3) is 0 Å². The van der Waals surface area contributed by atoms with Gasteiger partial charge < -0.3 is 5.11 Å². The molecule has 0 saturated carbocycles. The van der Waals surface area contributed by atoms with Gasteiger partial charge in [-0.1, -0.05) is 36.4 Å². The molecule has 0 bridgehead atoms. The Hall–Kier alpha value is -1.41. The molecule has 0 radical (unpaired) electrons. The van der Waals surface area contributed by atoms with Crippen molar-refractivity contribution in [2.24, 2.45) is 0 Å². The Kier molecular flexibility index (Phi) is 7.37. The summed E-state index contributed by atoms with van der Waals surface area (Å²) in [6, 6.07) is 9.70. The van der Waals surface area contributed by atoms with Crippen LogP contribution < -0.4 is 0 Å². The molecule has 0 fully saturated rings. The van der Waals surface area contributed by atoms with Crippen molar-refractivity contribution in [1.82, 2.24) is 0 Å². The number of rotatable bonds is 2. The average molecular weight is 192 g/mol. The van der Waals surface area contributed by atoms with Crippen LogP contribution in [-0.2, 0) is 4.79 Å². The minimum absolute atomic E-state index is 0.167. The van der Waals surface area contributed by atoms with Gasteiger partial charge in [0.05, 0.1) is 0 Å². The van der Waals surface area contributed by atoms with Gasteiger partial charge in [-0.3, -0.25) is 4.79 Å². The van der Waals surface area contributed by atoms with Gasteiger partial charge in [0.1, 0.15) is 6.29 Å². The van der Waals surface area contributed by atoms with Crippen molar-refractivity contribution in [1.29, 1.82) is 0 Å². The molecule has 0 aliphatic rings. The summed E-state index contributed by atoms with van der Waals surface area (Å²) in [4.78, 5) is 9.89. The summed E-state index contributed by atoms with van der Waals surface area (Å²) < 4.78 is 0. The zero-order valence-electron chi connectivity index (χ0n) is 8.55. The molecule has 0 amide bonds. The van der Waals surface area contributed by atoms with Gasteiger partial charge in [0, 0.05) is 6.10 Å². The summed E-state index contributed by atoms with van der Waals surface area (Å²) in [6.07, 6.45) is 3.86. The van der Waals surface area contributed by atoms with Crippen LogP contribution in [0.2, 0.25) is 0 Å². The van der Waals surface area contributed by atoms with Crippen LogP contribution in [0.4, 0.5) is 0 Å². The Bertz CT molecular complexity index is 260. The fraction of sp³-hybridized carbons (Fsp3) is 0.250. The largest absolute Gasteiger partial charge is 0.394 e. The number of carbonyl (C=O) groups excluding carboxylic acids is 1. The predicted molar refractivity (Wildman–Crippen MR) is 58.9 cm³/mol. The smallest absolute Gasteiger partial charge is 0.142 e. The zero-order valence-corrected chi connectivity index (χ0v) is 8.55. The van der Waals surface area contributed by atoms with Gasteiger partial charge in [0.15, 0.2) is 0 Å². The van der Waals surface area contributed by atoms with E-state index in [2.05, 4.69) is 0 Å². The second-order valence-corrected chi connectivity index (χ2v) is 3.00. The second kappa shape index (κ2) is 8.20. The second-order valence-electron chi connectivity index (χ2n) is 3.00. The van der Waals surface area contributed by atoms with Crippen molar-refractivity contribution in [2.45, 2.75) is 20.0 Å². The first-order chi connectivity index (χ1) is 6.66. The summed E-state index contributed by atoms with van der Waals surface area (Å²) in [6.45, 7) is 3.44. The van der Waals surface area contributed by atoms with E-state index in [1.54, 1.807) is 19.9 Å². The van der Waals surface area contributed by atoms with Crippen molar-refractivity contribution in [3.05, 3.63) is 42.0 Å². The van der Waals surface area contributed by atoms with Gasteiger partial charge in [-0.15, -0.1) is 0 Å². The SMILES string of the molecule is CC(C)O.O=CC=Cc1ccccc1. The molecule has 2 nitrogen and oxygen atoms in total. The van der Waals surface area contributed by atoms with Crippen molar-refractivity contribution in [2.75, 3.05) is 0 Å². The third-order valence-electron chi connectivity index (χ3n) is 1.17. The lowest BCUT2D eigenvalue weighted by atomic mass is 10.2. The predicted octanol–water partition coefficient (Wildman–Crippen LogP) is 2.29. The van der Waals surface area contributed by atoms with Crippen LogP contribution in [0.25, 0.3) is 6.08 Å². The Balaban J connectivity index is 0.000000364. The molecule has 76 valence electrons. The Morgan fingerprint density at radius 1 is 1.21 bits per heavy atom. The number of benzene rings is 1. The highest BCUT2D eigenvalue weighted by Gasteiger charge is 1.79. The first-order valence-corrected chi connectivity index (χ1v) is 4.51. The van der Waals surface area contributed by atoms with Gasteiger partial charge in [-0.05, 0) is 25.5 Å². The molecule has 1 rings (SSSR count). The molecule has 0 saturated heterocycles. The van der Waals surface area contributed by atoms with E-state index >= 15 is 0 Å². The maximum Gasteiger partial charge on any atom is 0.142 e. The highest BCUT2D eigenvalue weighted by Crippen LogP contribution is 1.99. The van der Waals surface area contributed by atoms with E-state index in [0.717, 1.165) is 11.8 Å². The zero-order chi connectivity index (χ0) is 10.8. The molecule has 0 aliphatic carbocycles. The molecule has 0 unspecified atom stereocenters. The normalized spacial score (nSPS) is 9.71. The van der Waals surface area contributed by atoms with Gasteiger partial charge in [-0.2, -0.15) is 0 Å². The lowest BCUT2D eigenvalue weighted by Gasteiger charge is -1.86. The highest BCUT2D eigenvalue weighted by molar-refractivity contribution is 5.73. The highest BCUT2D eigenvalue weighted by atomic mass is 16.3. The number of aliphatic hydroxyl groups excluding tert-OH is 1. The summed E-state index contributed by atoms with van der Waals surface area (Å²) in [7, 11) is 0. The summed E-state index contributed by atoms with van der Waals surface area (Å²) in [5, 5.41) is 8.06. The van der Waals surface area contributed by atoms with Crippen LogP contribution in [-0.4, -0.2) is 17.5 Å². The third-order valence-corrected chi connectivity index (χ3v) is 1.17. The fourth-order valence-corrected chi connectivity index (χ4v) is 0.715.